The van der Waals surface area contributed by atoms with Gasteiger partial charge < -0.3 is 4.74 Å². The first kappa shape index (κ1) is 14.3. The molecule has 0 saturated carbocycles. The number of thiophene rings is 1. The predicted molar refractivity (Wildman–Crippen MR) is 80.7 cm³/mol. The molecule has 0 fully saturated rings. The van der Waals surface area contributed by atoms with Gasteiger partial charge in [-0.3, -0.25) is 5.84 Å². The lowest BCUT2D eigenvalue weighted by molar-refractivity contribution is 0.172. The fraction of sp³-hybridized carbons (Fsp3) is 0.286. The summed E-state index contributed by atoms with van der Waals surface area (Å²) in [5.41, 5.74) is 4.05. The number of nitrogens with one attached hydrogen (secondary N) is 1. The summed E-state index contributed by atoms with van der Waals surface area (Å²) in [7, 11) is 0. The number of rotatable bonds is 5. The van der Waals surface area contributed by atoms with Crippen LogP contribution in [0, 0.1) is 6.92 Å². The Labute approximate surface area is 122 Å². The summed E-state index contributed by atoms with van der Waals surface area (Å²) < 4.78 is 5.91. The molecule has 2 aromatic rings. The fourth-order valence-corrected chi connectivity index (χ4v) is 3.21. The molecule has 0 spiro atoms. The molecule has 1 aromatic heterocycles. The SMILES string of the molecule is Cc1ccsc1C(NN)C(C)Oc1cccc(Cl)c1. The minimum Gasteiger partial charge on any atom is -0.489 e. The van der Waals surface area contributed by atoms with Crippen molar-refractivity contribution in [2.24, 2.45) is 5.84 Å². The Balaban J connectivity index is 2.14. The maximum absolute atomic E-state index is 5.95. The molecule has 3 nitrogen and oxygen atoms in total. The number of aryl methyl sites for hydroxylation is 1. The minimum atomic E-state index is -0.0965. The van der Waals surface area contributed by atoms with Crippen LogP contribution in [0.25, 0.3) is 0 Å². The van der Waals surface area contributed by atoms with E-state index in [1.165, 1.54) is 10.4 Å². The highest BCUT2D eigenvalue weighted by atomic mass is 35.5. The lowest BCUT2D eigenvalue weighted by Gasteiger charge is -2.24. The quantitative estimate of drug-likeness (QED) is 0.653. The summed E-state index contributed by atoms with van der Waals surface area (Å²) in [6.45, 7) is 4.06. The van der Waals surface area contributed by atoms with Crippen LogP contribution in [0.3, 0.4) is 0 Å². The zero-order valence-electron chi connectivity index (χ0n) is 10.9. The number of halogens is 1. The average Bonchev–Trinajstić information content (AvgIpc) is 2.77. The van der Waals surface area contributed by atoms with Crippen molar-refractivity contribution >= 4 is 22.9 Å². The van der Waals surface area contributed by atoms with E-state index >= 15 is 0 Å². The van der Waals surface area contributed by atoms with Gasteiger partial charge in [-0.2, -0.15) is 0 Å². The largest absolute Gasteiger partial charge is 0.489 e. The van der Waals surface area contributed by atoms with Crippen molar-refractivity contribution in [2.45, 2.75) is 26.0 Å². The molecule has 19 heavy (non-hydrogen) atoms. The molecular weight excluding hydrogens is 280 g/mol. The lowest BCUT2D eigenvalue weighted by atomic mass is 10.1. The Bertz CT molecular complexity index is 544. The van der Waals surface area contributed by atoms with E-state index in [1.54, 1.807) is 17.4 Å². The summed E-state index contributed by atoms with van der Waals surface area (Å²) in [5, 5.41) is 2.72. The van der Waals surface area contributed by atoms with Crippen molar-refractivity contribution in [3.05, 3.63) is 51.2 Å². The maximum Gasteiger partial charge on any atom is 0.121 e. The Morgan fingerprint density at radius 2 is 2.16 bits per heavy atom. The summed E-state index contributed by atoms with van der Waals surface area (Å²) >= 11 is 7.62. The van der Waals surface area contributed by atoms with Crippen molar-refractivity contribution in [1.82, 2.24) is 5.43 Å². The molecular formula is C14H17ClN2OS. The Morgan fingerprint density at radius 1 is 1.37 bits per heavy atom. The fourth-order valence-electron chi connectivity index (χ4n) is 1.95. The standard InChI is InChI=1S/C14H17ClN2OS/c1-9-6-7-19-14(9)13(17-16)10(2)18-12-5-3-4-11(15)8-12/h3-8,10,13,17H,16H2,1-2H3. The highest BCUT2D eigenvalue weighted by Gasteiger charge is 2.22. The second-order valence-electron chi connectivity index (χ2n) is 4.39. The van der Waals surface area contributed by atoms with E-state index in [9.17, 15) is 0 Å². The molecule has 0 amide bonds. The molecule has 2 unspecified atom stereocenters. The molecule has 3 N–H and O–H groups in total. The van der Waals surface area contributed by atoms with E-state index in [2.05, 4.69) is 23.8 Å². The summed E-state index contributed by atoms with van der Waals surface area (Å²) in [6.07, 6.45) is -0.0965. The number of nitrogens with two attached hydrogens (primary N) is 1. The van der Waals surface area contributed by atoms with Gasteiger partial charge in [0.05, 0.1) is 6.04 Å². The van der Waals surface area contributed by atoms with Gasteiger partial charge in [0.15, 0.2) is 0 Å². The number of benzene rings is 1. The third-order valence-electron chi connectivity index (χ3n) is 2.95. The normalized spacial score (nSPS) is 14.1. The molecule has 102 valence electrons. The van der Waals surface area contributed by atoms with Crippen LogP contribution in [0.5, 0.6) is 5.75 Å². The van der Waals surface area contributed by atoms with Crippen molar-refractivity contribution < 1.29 is 4.74 Å². The Hall–Kier alpha value is -1.07. The molecule has 0 saturated heterocycles. The van der Waals surface area contributed by atoms with Gasteiger partial charge in [-0.1, -0.05) is 17.7 Å². The van der Waals surface area contributed by atoms with Crippen molar-refractivity contribution in [1.29, 1.82) is 0 Å². The van der Waals surface area contributed by atoms with Crippen LogP contribution in [0.2, 0.25) is 5.02 Å². The van der Waals surface area contributed by atoms with E-state index in [1.807, 2.05) is 25.1 Å². The van der Waals surface area contributed by atoms with Gasteiger partial charge in [0.2, 0.25) is 0 Å². The highest BCUT2D eigenvalue weighted by molar-refractivity contribution is 7.10. The topological polar surface area (TPSA) is 47.3 Å². The lowest BCUT2D eigenvalue weighted by Crippen LogP contribution is -2.37. The monoisotopic (exact) mass is 296 g/mol. The van der Waals surface area contributed by atoms with Crippen molar-refractivity contribution in [3.63, 3.8) is 0 Å². The van der Waals surface area contributed by atoms with Crippen LogP contribution in [0.15, 0.2) is 35.7 Å². The van der Waals surface area contributed by atoms with Gasteiger partial charge in [0, 0.05) is 9.90 Å². The second kappa shape index (κ2) is 6.39. The van der Waals surface area contributed by atoms with E-state index in [0.717, 1.165) is 5.75 Å². The molecule has 0 aliphatic carbocycles. The predicted octanol–water partition coefficient (Wildman–Crippen LogP) is 3.68. The zero-order chi connectivity index (χ0) is 13.8. The van der Waals surface area contributed by atoms with Crippen LogP contribution in [-0.2, 0) is 0 Å². The molecule has 2 atom stereocenters. The first-order valence-corrected chi connectivity index (χ1v) is 7.30. The van der Waals surface area contributed by atoms with Gasteiger partial charge in [-0.05, 0) is 49.1 Å². The van der Waals surface area contributed by atoms with Crippen LogP contribution < -0.4 is 16.0 Å². The van der Waals surface area contributed by atoms with Crippen LogP contribution in [0.1, 0.15) is 23.4 Å². The molecule has 1 aromatic carbocycles. The summed E-state index contributed by atoms with van der Waals surface area (Å²) in [5.74, 6) is 6.41. The van der Waals surface area contributed by atoms with Gasteiger partial charge in [0.25, 0.3) is 0 Å². The van der Waals surface area contributed by atoms with E-state index in [-0.39, 0.29) is 12.1 Å². The molecule has 2 rings (SSSR count). The number of hydrazine groups is 1. The minimum absolute atomic E-state index is 0.0426. The first-order valence-electron chi connectivity index (χ1n) is 6.04. The zero-order valence-corrected chi connectivity index (χ0v) is 12.5. The maximum atomic E-state index is 5.95. The van der Waals surface area contributed by atoms with E-state index in [4.69, 9.17) is 22.2 Å². The van der Waals surface area contributed by atoms with E-state index < -0.39 is 0 Å². The van der Waals surface area contributed by atoms with Crippen molar-refractivity contribution in [3.8, 4) is 5.75 Å². The first-order chi connectivity index (χ1) is 9.11. The van der Waals surface area contributed by atoms with Crippen LogP contribution >= 0.6 is 22.9 Å². The van der Waals surface area contributed by atoms with E-state index in [0.29, 0.717) is 5.02 Å². The second-order valence-corrected chi connectivity index (χ2v) is 5.78. The molecule has 0 aliphatic heterocycles. The summed E-state index contributed by atoms with van der Waals surface area (Å²) in [6, 6.07) is 9.41. The number of ether oxygens (including phenoxy) is 1. The molecule has 0 radical (unpaired) electrons. The van der Waals surface area contributed by atoms with Crippen LogP contribution in [-0.4, -0.2) is 6.10 Å². The molecule has 0 aliphatic rings. The van der Waals surface area contributed by atoms with Gasteiger partial charge in [0.1, 0.15) is 11.9 Å². The smallest absolute Gasteiger partial charge is 0.121 e. The van der Waals surface area contributed by atoms with Crippen LogP contribution in [0.4, 0.5) is 0 Å². The highest BCUT2D eigenvalue weighted by Crippen LogP contribution is 2.28. The number of hydrogen-bond acceptors (Lipinski definition) is 4. The van der Waals surface area contributed by atoms with Gasteiger partial charge >= 0.3 is 0 Å². The molecule has 0 bridgehead atoms. The number of hydrogen-bond donors (Lipinski definition) is 2. The Kier molecular flexibility index (Phi) is 4.82. The van der Waals surface area contributed by atoms with Crippen molar-refractivity contribution in [2.75, 3.05) is 0 Å². The molecule has 5 heteroatoms. The average molecular weight is 297 g/mol. The third kappa shape index (κ3) is 3.48. The van der Waals surface area contributed by atoms with Gasteiger partial charge in [-0.15, -0.1) is 11.3 Å². The third-order valence-corrected chi connectivity index (χ3v) is 4.29. The Morgan fingerprint density at radius 3 is 2.74 bits per heavy atom. The summed E-state index contributed by atoms with van der Waals surface area (Å²) in [4.78, 5) is 1.19. The van der Waals surface area contributed by atoms with Gasteiger partial charge in [-0.25, -0.2) is 5.43 Å². The molecule has 1 heterocycles.